The SMILES string of the molecule is CN(C)C1C=Cc2ccc3ccccc3c2C1. The van der Waals surface area contributed by atoms with E-state index in [0.29, 0.717) is 6.04 Å². The van der Waals surface area contributed by atoms with Crippen molar-refractivity contribution in [2.75, 3.05) is 14.1 Å². The summed E-state index contributed by atoms with van der Waals surface area (Å²) < 4.78 is 0. The summed E-state index contributed by atoms with van der Waals surface area (Å²) in [5, 5.41) is 2.75. The second-order valence-electron chi connectivity index (χ2n) is 4.95. The summed E-state index contributed by atoms with van der Waals surface area (Å²) in [7, 11) is 4.29. The summed E-state index contributed by atoms with van der Waals surface area (Å²) in [6.45, 7) is 0. The smallest absolute Gasteiger partial charge is 0.0316 e. The molecule has 0 bridgehead atoms. The molecule has 0 spiro atoms. The molecule has 0 aromatic heterocycles. The fourth-order valence-corrected chi connectivity index (χ4v) is 2.58. The molecule has 86 valence electrons. The van der Waals surface area contributed by atoms with Gasteiger partial charge in [0, 0.05) is 6.04 Å². The summed E-state index contributed by atoms with van der Waals surface area (Å²) in [5.74, 6) is 0. The lowest BCUT2D eigenvalue weighted by molar-refractivity contribution is 0.341. The van der Waals surface area contributed by atoms with Crippen molar-refractivity contribution in [3.63, 3.8) is 0 Å². The van der Waals surface area contributed by atoms with Crippen LogP contribution in [0.3, 0.4) is 0 Å². The van der Waals surface area contributed by atoms with Gasteiger partial charge >= 0.3 is 0 Å². The number of likely N-dealkylation sites (N-methyl/N-ethyl adjacent to an activating group) is 1. The van der Waals surface area contributed by atoms with Crippen LogP contribution in [0.15, 0.2) is 42.5 Å². The lowest BCUT2D eigenvalue weighted by atomic mass is 9.89. The predicted octanol–water partition coefficient (Wildman–Crippen LogP) is 3.34. The van der Waals surface area contributed by atoms with Crippen LogP contribution in [0.1, 0.15) is 11.1 Å². The van der Waals surface area contributed by atoms with Gasteiger partial charge in [-0.2, -0.15) is 0 Å². The summed E-state index contributed by atoms with van der Waals surface area (Å²) in [5.41, 5.74) is 2.87. The molecule has 1 heteroatoms. The van der Waals surface area contributed by atoms with E-state index in [0.717, 1.165) is 6.42 Å². The number of rotatable bonds is 1. The number of benzene rings is 2. The van der Waals surface area contributed by atoms with Gasteiger partial charge in [0.25, 0.3) is 0 Å². The highest BCUT2D eigenvalue weighted by Gasteiger charge is 2.17. The first-order chi connectivity index (χ1) is 8.25. The Hall–Kier alpha value is -1.60. The van der Waals surface area contributed by atoms with Crippen LogP contribution in [0.2, 0.25) is 0 Å². The molecule has 1 nitrogen and oxygen atoms in total. The number of nitrogens with zero attached hydrogens (tertiary/aromatic N) is 1. The van der Waals surface area contributed by atoms with Gasteiger partial charge in [0.15, 0.2) is 0 Å². The third-order valence-electron chi connectivity index (χ3n) is 3.65. The Balaban J connectivity index is 2.18. The first-order valence-electron chi connectivity index (χ1n) is 6.11. The number of hydrogen-bond acceptors (Lipinski definition) is 1. The normalized spacial score (nSPS) is 18.6. The molecule has 0 N–H and O–H groups in total. The van der Waals surface area contributed by atoms with E-state index in [9.17, 15) is 0 Å². The Morgan fingerprint density at radius 3 is 2.71 bits per heavy atom. The summed E-state index contributed by atoms with van der Waals surface area (Å²) >= 11 is 0. The van der Waals surface area contributed by atoms with Gasteiger partial charge in [-0.05, 0) is 42.4 Å². The third-order valence-corrected chi connectivity index (χ3v) is 3.65. The van der Waals surface area contributed by atoms with Gasteiger partial charge in [0.1, 0.15) is 0 Å². The first-order valence-corrected chi connectivity index (χ1v) is 6.11. The Labute approximate surface area is 102 Å². The zero-order chi connectivity index (χ0) is 11.8. The molecule has 0 saturated heterocycles. The first kappa shape index (κ1) is 10.5. The highest BCUT2D eigenvalue weighted by atomic mass is 15.1. The molecule has 0 radical (unpaired) electrons. The highest BCUT2D eigenvalue weighted by molar-refractivity contribution is 5.89. The van der Waals surface area contributed by atoms with Crippen LogP contribution in [0, 0.1) is 0 Å². The van der Waals surface area contributed by atoms with Gasteiger partial charge < -0.3 is 4.90 Å². The molecule has 1 unspecified atom stereocenters. The van der Waals surface area contributed by atoms with Crippen molar-refractivity contribution in [3.8, 4) is 0 Å². The van der Waals surface area contributed by atoms with Crippen LogP contribution < -0.4 is 0 Å². The topological polar surface area (TPSA) is 3.24 Å². The molecule has 2 aromatic rings. The van der Waals surface area contributed by atoms with E-state index in [1.54, 1.807) is 0 Å². The average molecular weight is 223 g/mol. The minimum absolute atomic E-state index is 0.522. The van der Waals surface area contributed by atoms with Crippen molar-refractivity contribution < 1.29 is 0 Å². The largest absolute Gasteiger partial charge is 0.303 e. The molecule has 1 atom stereocenters. The predicted molar refractivity (Wildman–Crippen MR) is 74.2 cm³/mol. The maximum atomic E-state index is 2.30. The number of hydrogen-bond donors (Lipinski definition) is 0. The summed E-state index contributed by atoms with van der Waals surface area (Å²) in [6.07, 6.45) is 5.67. The van der Waals surface area contributed by atoms with Crippen molar-refractivity contribution in [2.45, 2.75) is 12.5 Å². The van der Waals surface area contributed by atoms with Crippen molar-refractivity contribution in [1.29, 1.82) is 0 Å². The summed E-state index contributed by atoms with van der Waals surface area (Å²) in [4.78, 5) is 2.28. The van der Waals surface area contributed by atoms with Crippen molar-refractivity contribution >= 4 is 16.8 Å². The lowest BCUT2D eigenvalue weighted by Crippen LogP contribution is -2.29. The van der Waals surface area contributed by atoms with Crippen LogP contribution in [-0.2, 0) is 6.42 Å². The highest BCUT2D eigenvalue weighted by Crippen LogP contribution is 2.28. The lowest BCUT2D eigenvalue weighted by Gasteiger charge is -2.26. The maximum Gasteiger partial charge on any atom is 0.0316 e. The van der Waals surface area contributed by atoms with Gasteiger partial charge in [0.05, 0.1) is 0 Å². The van der Waals surface area contributed by atoms with Crippen LogP contribution in [0.4, 0.5) is 0 Å². The fraction of sp³-hybridized carbons (Fsp3) is 0.250. The molecular formula is C16H17N. The molecule has 2 aromatic carbocycles. The Kier molecular flexibility index (Phi) is 2.49. The Bertz CT molecular complexity index is 581. The minimum atomic E-state index is 0.522. The molecule has 3 rings (SSSR count). The van der Waals surface area contributed by atoms with Crippen LogP contribution in [0.5, 0.6) is 0 Å². The van der Waals surface area contributed by atoms with E-state index < -0.39 is 0 Å². The maximum absolute atomic E-state index is 2.30. The van der Waals surface area contributed by atoms with E-state index in [1.807, 2.05) is 0 Å². The fourth-order valence-electron chi connectivity index (χ4n) is 2.58. The second-order valence-corrected chi connectivity index (χ2v) is 4.95. The van der Waals surface area contributed by atoms with E-state index in [4.69, 9.17) is 0 Å². The van der Waals surface area contributed by atoms with E-state index >= 15 is 0 Å². The standard InChI is InChI=1S/C16H17N/c1-17(2)14-10-9-13-8-7-12-5-3-4-6-15(12)16(13)11-14/h3-10,14H,11H2,1-2H3. The molecule has 0 amide bonds. The van der Waals surface area contributed by atoms with Gasteiger partial charge in [-0.25, -0.2) is 0 Å². The van der Waals surface area contributed by atoms with Crippen molar-refractivity contribution in [3.05, 3.63) is 53.6 Å². The summed E-state index contributed by atoms with van der Waals surface area (Å²) in [6, 6.07) is 13.6. The monoisotopic (exact) mass is 223 g/mol. The zero-order valence-electron chi connectivity index (χ0n) is 10.4. The van der Waals surface area contributed by atoms with Gasteiger partial charge in [-0.1, -0.05) is 48.6 Å². The Morgan fingerprint density at radius 2 is 1.88 bits per heavy atom. The molecule has 1 aliphatic rings. The zero-order valence-corrected chi connectivity index (χ0v) is 10.4. The Morgan fingerprint density at radius 1 is 1.06 bits per heavy atom. The van der Waals surface area contributed by atoms with E-state index in [2.05, 4.69) is 67.5 Å². The molecule has 17 heavy (non-hydrogen) atoms. The van der Waals surface area contributed by atoms with E-state index in [1.165, 1.54) is 21.9 Å². The van der Waals surface area contributed by atoms with Crippen LogP contribution in [-0.4, -0.2) is 25.0 Å². The van der Waals surface area contributed by atoms with E-state index in [-0.39, 0.29) is 0 Å². The second kappa shape index (κ2) is 4.01. The third kappa shape index (κ3) is 1.77. The number of fused-ring (bicyclic) bond motifs is 3. The quantitative estimate of drug-likeness (QED) is 0.716. The van der Waals surface area contributed by atoms with Gasteiger partial charge in [0.2, 0.25) is 0 Å². The molecule has 1 aliphatic carbocycles. The van der Waals surface area contributed by atoms with Gasteiger partial charge in [-0.15, -0.1) is 0 Å². The molecule has 0 fully saturated rings. The van der Waals surface area contributed by atoms with Crippen LogP contribution in [0.25, 0.3) is 16.8 Å². The molecule has 0 aliphatic heterocycles. The molecule has 0 heterocycles. The van der Waals surface area contributed by atoms with Crippen LogP contribution >= 0.6 is 0 Å². The molecule has 0 saturated carbocycles. The van der Waals surface area contributed by atoms with Crippen molar-refractivity contribution in [1.82, 2.24) is 4.90 Å². The van der Waals surface area contributed by atoms with Crippen molar-refractivity contribution in [2.24, 2.45) is 0 Å². The molecular weight excluding hydrogens is 206 g/mol. The minimum Gasteiger partial charge on any atom is -0.303 e. The van der Waals surface area contributed by atoms with Gasteiger partial charge in [-0.3, -0.25) is 0 Å². The average Bonchev–Trinajstić information content (AvgIpc) is 2.38.